The molecular formula is C18H23N3O. The van der Waals surface area contributed by atoms with Gasteiger partial charge in [-0.2, -0.15) is 0 Å². The van der Waals surface area contributed by atoms with Gasteiger partial charge in [-0.1, -0.05) is 42.5 Å². The first-order chi connectivity index (χ1) is 10.7. The Morgan fingerprint density at radius 3 is 2.36 bits per heavy atom. The van der Waals surface area contributed by atoms with Crippen molar-refractivity contribution >= 4 is 5.96 Å². The first-order valence-corrected chi connectivity index (χ1v) is 7.50. The molecule has 0 bridgehead atoms. The molecule has 0 aliphatic carbocycles. The fourth-order valence-corrected chi connectivity index (χ4v) is 2.17. The Morgan fingerprint density at radius 1 is 1.05 bits per heavy atom. The zero-order valence-corrected chi connectivity index (χ0v) is 13.2. The molecule has 2 aromatic carbocycles. The van der Waals surface area contributed by atoms with Gasteiger partial charge in [0.15, 0.2) is 5.96 Å². The summed E-state index contributed by atoms with van der Waals surface area (Å²) < 4.78 is 0. The largest absolute Gasteiger partial charge is 0.508 e. The highest BCUT2D eigenvalue weighted by atomic mass is 16.3. The van der Waals surface area contributed by atoms with Crippen molar-refractivity contribution in [1.82, 2.24) is 10.2 Å². The summed E-state index contributed by atoms with van der Waals surface area (Å²) in [5, 5.41) is 12.6. The van der Waals surface area contributed by atoms with Crippen molar-refractivity contribution in [2.75, 3.05) is 13.6 Å². The molecule has 0 aliphatic rings. The minimum atomic E-state index is 0.279. The third-order valence-corrected chi connectivity index (χ3v) is 3.31. The molecule has 0 heterocycles. The summed E-state index contributed by atoms with van der Waals surface area (Å²) in [4.78, 5) is 6.77. The first-order valence-electron chi connectivity index (χ1n) is 7.50. The number of aliphatic imine (C=N–C) groups is 1. The average molecular weight is 297 g/mol. The van der Waals surface area contributed by atoms with Gasteiger partial charge < -0.3 is 15.3 Å². The predicted molar refractivity (Wildman–Crippen MR) is 90.8 cm³/mol. The number of phenols is 1. The molecule has 0 spiro atoms. The Balaban J connectivity index is 2.04. The Bertz CT molecular complexity index is 593. The predicted octanol–water partition coefficient (Wildman–Crippen LogP) is 2.99. The Labute approximate surface area is 132 Å². The summed E-state index contributed by atoms with van der Waals surface area (Å²) in [6.45, 7) is 4.28. The van der Waals surface area contributed by atoms with Crippen LogP contribution in [0.5, 0.6) is 5.75 Å². The maximum Gasteiger partial charge on any atom is 0.194 e. The fourth-order valence-electron chi connectivity index (χ4n) is 2.17. The van der Waals surface area contributed by atoms with Gasteiger partial charge in [0, 0.05) is 20.1 Å². The van der Waals surface area contributed by atoms with Gasteiger partial charge in [-0.15, -0.1) is 0 Å². The van der Waals surface area contributed by atoms with E-state index in [9.17, 15) is 5.11 Å². The molecule has 2 aromatic rings. The van der Waals surface area contributed by atoms with Crippen LogP contribution < -0.4 is 5.32 Å². The van der Waals surface area contributed by atoms with E-state index in [1.807, 2.05) is 37.4 Å². The van der Waals surface area contributed by atoms with Crippen LogP contribution >= 0.6 is 0 Å². The molecule has 4 nitrogen and oxygen atoms in total. The lowest BCUT2D eigenvalue weighted by Crippen LogP contribution is -2.38. The van der Waals surface area contributed by atoms with Crippen molar-refractivity contribution in [3.63, 3.8) is 0 Å². The van der Waals surface area contributed by atoms with Crippen LogP contribution in [-0.4, -0.2) is 29.6 Å². The van der Waals surface area contributed by atoms with Crippen LogP contribution in [0.2, 0.25) is 0 Å². The Morgan fingerprint density at radius 2 is 1.73 bits per heavy atom. The molecule has 0 saturated heterocycles. The molecule has 116 valence electrons. The highest BCUT2D eigenvalue weighted by molar-refractivity contribution is 5.79. The topological polar surface area (TPSA) is 47.9 Å². The minimum Gasteiger partial charge on any atom is -0.508 e. The van der Waals surface area contributed by atoms with Gasteiger partial charge in [-0.05, 0) is 30.2 Å². The summed E-state index contributed by atoms with van der Waals surface area (Å²) in [5.41, 5.74) is 2.32. The normalized spacial score (nSPS) is 11.3. The van der Waals surface area contributed by atoms with Crippen LogP contribution in [0, 0.1) is 0 Å². The summed E-state index contributed by atoms with van der Waals surface area (Å²) >= 11 is 0. The number of guanidine groups is 1. The lowest BCUT2D eigenvalue weighted by atomic mass is 10.2. The van der Waals surface area contributed by atoms with Gasteiger partial charge in [0.2, 0.25) is 0 Å². The van der Waals surface area contributed by atoms with E-state index in [2.05, 4.69) is 34.3 Å². The number of aromatic hydroxyl groups is 1. The Hall–Kier alpha value is -2.49. The van der Waals surface area contributed by atoms with E-state index in [-0.39, 0.29) is 5.75 Å². The van der Waals surface area contributed by atoms with Gasteiger partial charge in [-0.25, -0.2) is 4.99 Å². The van der Waals surface area contributed by atoms with E-state index in [1.165, 1.54) is 5.56 Å². The molecule has 0 unspecified atom stereocenters. The van der Waals surface area contributed by atoms with E-state index in [0.717, 1.165) is 24.6 Å². The van der Waals surface area contributed by atoms with Crippen LogP contribution in [0.4, 0.5) is 0 Å². The smallest absolute Gasteiger partial charge is 0.194 e. The molecule has 22 heavy (non-hydrogen) atoms. The van der Waals surface area contributed by atoms with Gasteiger partial charge in [0.05, 0.1) is 6.54 Å². The second-order valence-electron chi connectivity index (χ2n) is 5.18. The summed E-state index contributed by atoms with van der Waals surface area (Å²) in [6, 6.07) is 17.5. The number of nitrogens with one attached hydrogen (secondary N) is 1. The molecule has 0 aliphatic heterocycles. The lowest BCUT2D eigenvalue weighted by molar-refractivity contribution is 0.474. The number of hydrogen-bond acceptors (Lipinski definition) is 2. The molecule has 2 N–H and O–H groups in total. The van der Waals surface area contributed by atoms with E-state index < -0.39 is 0 Å². The zero-order valence-electron chi connectivity index (χ0n) is 13.2. The number of benzene rings is 2. The minimum absolute atomic E-state index is 0.279. The quantitative estimate of drug-likeness (QED) is 0.659. The summed E-state index contributed by atoms with van der Waals surface area (Å²) in [7, 11) is 2.03. The van der Waals surface area contributed by atoms with Crippen LogP contribution in [-0.2, 0) is 13.1 Å². The summed E-state index contributed by atoms with van der Waals surface area (Å²) in [6.07, 6.45) is 0. The molecule has 0 amide bonds. The molecule has 0 fully saturated rings. The third kappa shape index (κ3) is 4.81. The van der Waals surface area contributed by atoms with Crippen molar-refractivity contribution in [3.8, 4) is 5.75 Å². The molecule has 2 rings (SSSR count). The van der Waals surface area contributed by atoms with E-state index in [0.29, 0.717) is 6.54 Å². The van der Waals surface area contributed by atoms with Crippen molar-refractivity contribution in [2.45, 2.75) is 20.0 Å². The molecule has 0 atom stereocenters. The maximum absolute atomic E-state index is 9.31. The van der Waals surface area contributed by atoms with Gasteiger partial charge in [0.25, 0.3) is 0 Å². The van der Waals surface area contributed by atoms with Crippen molar-refractivity contribution < 1.29 is 5.11 Å². The molecule has 4 heteroatoms. The van der Waals surface area contributed by atoms with Crippen LogP contribution in [0.15, 0.2) is 59.6 Å². The van der Waals surface area contributed by atoms with E-state index in [4.69, 9.17) is 0 Å². The summed E-state index contributed by atoms with van der Waals surface area (Å²) in [5.74, 6) is 1.15. The first kappa shape index (κ1) is 15.9. The molecule has 0 aromatic heterocycles. The second-order valence-corrected chi connectivity index (χ2v) is 5.18. The van der Waals surface area contributed by atoms with Crippen LogP contribution in [0.25, 0.3) is 0 Å². The van der Waals surface area contributed by atoms with Gasteiger partial charge in [-0.3, -0.25) is 0 Å². The molecule has 0 radical (unpaired) electrons. The van der Waals surface area contributed by atoms with Crippen molar-refractivity contribution in [3.05, 3.63) is 65.7 Å². The van der Waals surface area contributed by atoms with Gasteiger partial charge in [0.1, 0.15) is 5.75 Å². The SMILES string of the molecule is CCNC(=NCc1ccc(O)cc1)N(C)Cc1ccccc1. The second kappa shape index (κ2) is 8.08. The number of phenolic OH excluding ortho intramolecular Hbond substituents is 1. The average Bonchev–Trinajstić information content (AvgIpc) is 2.54. The Kier molecular flexibility index (Phi) is 5.83. The zero-order chi connectivity index (χ0) is 15.8. The van der Waals surface area contributed by atoms with Crippen LogP contribution in [0.1, 0.15) is 18.1 Å². The standard InChI is InChI=1S/C18H23N3O/c1-3-19-18(20-13-15-9-11-17(22)12-10-15)21(2)14-16-7-5-4-6-8-16/h4-12,22H,3,13-14H2,1-2H3,(H,19,20). The molecule has 0 saturated carbocycles. The lowest BCUT2D eigenvalue weighted by Gasteiger charge is -2.22. The van der Waals surface area contributed by atoms with Gasteiger partial charge >= 0.3 is 0 Å². The number of rotatable bonds is 5. The van der Waals surface area contributed by atoms with E-state index in [1.54, 1.807) is 12.1 Å². The van der Waals surface area contributed by atoms with Crippen molar-refractivity contribution in [1.29, 1.82) is 0 Å². The van der Waals surface area contributed by atoms with E-state index >= 15 is 0 Å². The van der Waals surface area contributed by atoms with Crippen LogP contribution in [0.3, 0.4) is 0 Å². The number of nitrogens with zero attached hydrogens (tertiary/aromatic N) is 2. The highest BCUT2D eigenvalue weighted by Crippen LogP contribution is 2.10. The van der Waals surface area contributed by atoms with Crippen molar-refractivity contribution in [2.24, 2.45) is 4.99 Å². The fraction of sp³-hybridized carbons (Fsp3) is 0.278. The maximum atomic E-state index is 9.31. The number of hydrogen-bond donors (Lipinski definition) is 2. The monoisotopic (exact) mass is 297 g/mol. The highest BCUT2D eigenvalue weighted by Gasteiger charge is 2.06. The third-order valence-electron chi connectivity index (χ3n) is 3.31. The molecular weight excluding hydrogens is 274 g/mol.